The maximum absolute atomic E-state index is 11.3. The van der Waals surface area contributed by atoms with Crippen LogP contribution in [0.2, 0.25) is 18.1 Å². The van der Waals surface area contributed by atoms with Crippen LogP contribution in [0.25, 0.3) is 0 Å². The van der Waals surface area contributed by atoms with Crippen LogP contribution in [0.5, 0.6) is 0 Å². The van der Waals surface area contributed by atoms with Gasteiger partial charge in [-0.05, 0) is 43.0 Å². The fourth-order valence-electron chi connectivity index (χ4n) is 3.26. The van der Waals surface area contributed by atoms with E-state index in [4.69, 9.17) is 4.43 Å². The van der Waals surface area contributed by atoms with E-state index in [9.17, 15) is 10.2 Å². The fraction of sp³-hybridized carbons (Fsp3) is 0.778. The van der Waals surface area contributed by atoms with Gasteiger partial charge in [0.15, 0.2) is 8.32 Å². The summed E-state index contributed by atoms with van der Waals surface area (Å²) in [6.07, 6.45) is 8.11. The molecule has 0 heterocycles. The van der Waals surface area contributed by atoms with Gasteiger partial charge in [0.05, 0.1) is 12.2 Å². The number of fused-ring (bicyclic) bond motifs is 2. The molecule has 0 aliphatic heterocycles. The summed E-state index contributed by atoms with van der Waals surface area (Å²) in [6.45, 7) is 13.2. The van der Waals surface area contributed by atoms with E-state index >= 15 is 0 Å². The van der Waals surface area contributed by atoms with E-state index in [0.717, 1.165) is 6.42 Å². The SMILES string of the molecule is C[C@H]1C[C@@H]2C=CC=C[C@@](O)([C@@H]2O[Si](C)(C)C(C)(C)C)[C@@H](O)C1. The Bertz CT molecular complexity index is 463. The first kappa shape index (κ1) is 17.9. The van der Waals surface area contributed by atoms with Gasteiger partial charge < -0.3 is 14.6 Å². The fourth-order valence-corrected chi connectivity index (χ4v) is 4.62. The van der Waals surface area contributed by atoms with Gasteiger partial charge >= 0.3 is 0 Å². The Morgan fingerprint density at radius 2 is 1.82 bits per heavy atom. The Morgan fingerprint density at radius 3 is 2.41 bits per heavy atom. The molecule has 2 aliphatic carbocycles. The number of rotatable bonds is 2. The topological polar surface area (TPSA) is 49.7 Å². The molecule has 5 atom stereocenters. The van der Waals surface area contributed by atoms with Crippen LogP contribution < -0.4 is 0 Å². The molecule has 1 saturated carbocycles. The first-order valence-corrected chi connectivity index (χ1v) is 11.3. The Balaban J connectivity index is 2.42. The van der Waals surface area contributed by atoms with E-state index in [1.807, 2.05) is 12.2 Å². The van der Waals surface area contributed by atoms with Crippen molar-refractivity contribution in [3.8, 4) is 0 Å². The van der Waals surface area contributed by atoms with Crippen LogP contribution in [0.1, 0.15) is 40.5 Å². The second-order valence-corrected chi connectivity index (χ2v) is 13.4. The van der Waals surface area contributed by atoms with Gasteiger partial charge in [0.25, 0.3) is 0 Å². The van der Waals surface area contributed by atoms with Crippen molar-refractivity contribution in [3.05, 3.63) is 24.3 Å². The second kappa shape index (κ2) is 5.89. The molecule has 4 heteroatoms. The number of hydrogen-bond donors (Lipinski definition) is 2. The van der Waals surface area contributed by atoms with Crippen LogP contribution in [0.15, 0.2) is 24.3 Å². The average Bonchev–Trinajstić information content (AvgIpc) is 2.55. The van der Waals surface area contributed by atoms with Crippen molar-refractivity contribution in [2.24, 2.45) is 11.8 Å². The van der Waals surface area contributed by atoms with Crippen molar-refractivity contribution in [1.82, 2.24) is 0 Å². The van der Waals surface area contributed by atoms with Crippen LogP contribution in [-0.4, -0.2) is 36.3 Å². The maximum Gasteiger partial charge on any atom is 0.192 e. The molecular weight excluding hydrogens is 292 g/mol. The van der Waals surface area contributed by atoms with Crippen LogP contribution in [0.3, 0.4) is 0 Å². The molecule has 0 amide bonds. The summed E-state index contributed by atoms with van der Waals surface area (Å²) in [7, 11) is -2.04. The molecule has 0 spiro atoms. The van der Waals surface area contributed by atoms with Crippen molar-refractivity contribution >= 4 is 8.32 Å². The van der Waals surface area contributed by atoms with Crippen molar-refractivity contribution in [3.63, 3.8) is 0 Å². The molecule has 2 bridgehead atoms. The third-order valence-corrected chi connectivity index (χ3v) is 10.2. The third-order valence-electron chi connectivity index (χ3n) is 5.74. The molecule has 2 aliphatic rings. The van der Waals surface area contributed by atoms with Crippen LogP contribution in [0.4, 0.5) is 0 Å². The van der Waals surface area contributed by atoms with Gasteiger partial charge in [0.1, 0.15) is 5.60 Å². The van der Waals surface area contributed by atoms with Crippen molar-refractivity contribution in [2.45, 2.75) is 76.5 Å². The zero-order chi connectivity index (χ0) is 16.8. The molecule has 22 heavy (non-hydrogen) atoms. The zero-order valence-corrected chi connectivity index (χ0v) is 15.8. The number of aliphatic hydroxyl groups excluding tert-OH is 1. The predicted molar refractivity (Wildman–Crippen MR) is 93.2 cm³/mol. The quantitative estimate of drug-likeness (QED) is 0.762. The van der Waals surface area contributed by atoms with E-state index in [1.54, 1.807) is 6.08 Å². The minimum absolute atomic E-state index is 0.0722. The van der Waals surface area contributed by atoms with E-state index in [1.165, 1.54) is 0 Å². The Hall–Kier alpha value is -0.423. The van der Waals surface area contributed by atoms with Crippen LogP contribution in [0, 0.1) is 11.8 Å². The monoisotopic (exact) mass is 324 g/mol. The molecule has 0 aromatic carbocycles. The molecule has 0 aromatic heterocycles. The minimum Gasteiger partial charge on any atom is -0.410 e. The van der Waals surface area contributed by atoms with Gasteiger partial charge in [-0.3, -0.25) is 0 Å². The van der Waals surface area contributed by atoms with Crippen LogP contribution in [-0.2, 0) is 4.43 Å². The molecule has 1 fully saturated rings. The minimum atomic E-state index is -2.04. The Labute approximate surface area is 136 Å². The van der Waals surface area contributed by atoms with E-state index in [2.05, 4.69) is 46.9 Å². The van der Waals surface area contributed by atoms with E-state index in [0.29, 0.717) is 12.3 Å². The molecule has 0 aromatic rings. The number of allylic oxidation sites excluding steroid dienone is 2. The Kier molecular flexibility index (Phi) is 4.80. The smallest absolute Gasteiger partial charge is 0.192 e. The van der Waals surface area contributed by atoms with Crippen molar-refractivity contribution in [1.29, 1.82) is 0 Å². The summed E-state index contributed by atoms with van der Waals surface area (Å²) < 4.78 is 6.62. The lowest BCUT2D eigenvalue weighted by Gasteiger charge is -2.46. The molecule has 3 nitrogen and oxygen atoms in total. The molecular formula is C18H32O3Si. The molecule has 2 rings (SSSR count). The zero-order valence-electron chi connectivity index (χ0n) is 14.8. The average molecular weight is 325 g/mol. The molecule has 2 N–H and O–H groups in total. The van der Waals surface area contributed by atoms with E-state index in [-0.39, 0.29) is 17.1 Å². The summed E-state index contributed by atoms with van der Waals surface area (Å²) in [5, 5.41) is 22.0. The highest BCUT2D eigenvalue weighted by molar-refractivity contribution is 6.74. The molecule has 0 unspecified atom stereocenters. The van der Waals surface area contributed by atoms with Gasteiger partial charge in [-0.2, -0.15) is 0 Å². The lowest BCUT2D eigenvalue weighted by atomic mass is 9.85. The summed E-state index contributed by atoms with van der Waals surface area (Å²) >= 11 is 0. The summed E-state index contributed by atoms with van der Waals surface area (Å²) in [4.78, 5) is 0. The van der Waals surface area contributed by atoms with Gasteiger partial charge in [-0.1, -0.05) is 45.9 Å². The molecule has 0 radical (unpaired) electrons. The summed E-state index contributed by atoms with van der Waals surface area (Å²) in [5.74, 6) is 0.511. The Morgan fingerprint density at radius 1 is 1.18 bits per heavy atom. The first-order chi connectivity index (χ1) is 9.97. The van der Waals surface area contributed by atoms with Crippen molar-refractivity contribution in [2.75, 3.05) is 0 Å². The van der Waals surface area contributed by atoms with Crippen LogP contribution >= 0.6 is 0 Å². The summed E-state index contributed by atoms with van der Waals surface area (Å²) in [5.41, 5.74) is -1.30. The largest absolute Gasteiger partial charge is 0.410 e. The lowest BCUT2D eigenvalue weighted by Crippen LogP contribution is -2.58. The third kappa shape index (κ3) is 3.25. The molecule has 0 saturated heterocycles. The van der Waals surface area contributed by atoms with Gasteiger partial charge in [-0.25, -0.2) is 0 Å². The summed E-state index contributed by atoms with van der Waals surface area (Å²) in [6, 6.07) is 0. The van der Waals surface area contributed by atoms with Gasteiger partial charge in [0, 0.05) is 5.92 Å². The lowest BCUT2D eigenvalue weighted by molar-refractivity contribution is -0.115. The van der Waals surface area contributed by atoms with E-state index < -0.39 is 20.0 Å². The molecule has 126 valence electrons. The van der Waals surface area contributed by atoms with Crippen molar-refractivity contribution < 1.29 is 14.6 Å². The number of aliphatic hydroxyl groups is 2. The van der Waals surface area contributed by atoms with Gasteiger partial charge in [0.2, 0.25) is 0 Å². The number of hydrogen-bond acceptors (Lipinski definition) is 3. The highest BCUT2D eigenvalue weighted by atomic mass is 28.4. The maximum atomic E-state index is 11.3. The second-order valence-electron chi connectivity index (χ2n) is 8.69. The highest BCUT2D eigenvalue weighted by Crippen LogP contribution is 2.44. The first-order valence-electron chi connectivity index (χ1n) is 8.41. The normalized spacial score (nSPS) is 39.5. The predicted octanol–water partition coefficient (Wildman–Crippen LogP) is 3.64. The highest BCUT2D eigenvalue weighted by Gasteiger charge is 2.52. The van der Waals surface area contributed by atoms with Gasteiger partial charge in [-0.15, -0.1) is 0 Å². The standard InChI is InChI=1S/C18H32O3Si/c1-13-11-14-9-7-8-10-18(20,15(19)12-13)16(14)21-22(5,6)17(2,3)4/h7-10,13-16,19-20H,11-12H2,1-6H3/t13-,14-,15-,16+,18-/m0/s1.